The fraction of sp³-hybridized carbons (Fsp3) is 0.160. The molecule has 0 radical (unpaired) electrons. The molecule has 1 N–H and O–H groups in total. The van der Waals surface area contributed by atoms with Gasteiger partial charge in [-0.1, -0.05) is 30.3 Å². The Labute approximate surface area is 185 Å². The molecule has 32 heavy (non-hydrogen) atoms. The molecule has 7 nitrogen and oxygen atoms in total. The smallest absolute Gasteiger partial charge is 0.301 e. The highest BCUT2D eigenvalue weighted by Gasteiger charge is 2.47. The van der Waals surface area contributed by atoms with Crippen molar-refractivity contribution >= 4 is 23.3 Å². The van der Waals surface area contributed by atoms with Crippen LogP contribution in [0, 0.1) is 0 Å². The minimum absolute atomic E-state index is 0.0157. The van der Waals surface area contributed by atoms with Crippen LogP contribution in [0.5, 0.6) is 11.5 Å². The lowest BCUT2D eigenvalue weighted by atomic mass is 9.95. The Morgan fingerprint density at radius 1 is 1.03 bits per heavy atom. The number of aliphatic hydroxyl groups is 1. The summed E-state index contributed by atoms with van der Waals surface area (Å²) in [6.45, 7) is 2.40. The summed E-state index contributed by atoms with van der Waals surface area (Å²) in [6, 6.07) is 18.0. The fourth-order valence-electron chi connectivity index (χ4n) is 3.72. The van der Waals surface area contributed by atoms with Crippen molar-refractivity contribution in [2.45, 2.75) is 13.0 Å². The van der Waals surface area contributed by atoms with Gasteiger partial charge in [0.05, 0.1) is 25.3 Å². The van der Waals surface area contributed by atoms with Crippen LogP contribution in [0.4, 0.5) is 5.82 Å². The molecule has 1 saturated heterocycles. The Morgan fingerprint density at radius 3 is 2.47 bits per heavy atom. The predicted octanol–water partition coefficient (Wildman–Crippen LogP) is 4.12. The summed E-state index contributed by atoms with van der Waals surface area (Å²) in [5.41, 5.74) is 1.00. The summed E-state index contributed by atoms with van der Waals surface area (Å²) < 4.78 is 10.7. The number of pyridine rings is 1. The first kappa shape index (κ1) is 21.1. The average molecular weight is 430 g/mol. The first-order valence-corrected chi connectivity index (χ1v) is 10.1. The van der Waals surface area contributed by atoms with Crippen molar-refractivity contribution in [3.63, 3.8) is 0 Å². The van der Waals surface area contributed by atoms with E-state index >= 15 is 0 Å². The van der Waals surface area contributed by atoms with Gasteiger partial charge in [0.25, 0.3) is 5.78 Å². The Balaban J connectivity index is 1.90. The third-order valence-electron chi connectivity index (χ3n) is 5.19. The molecule has 0 unspecified atom stereocenters. The van der Waals surface area contributed by atoms with Crippen LogP contribution in [0.15, 0.2) is 78.5 Å². The molecule has 0 saturated carbocycles. The topological polar surface area (TPSA) is 89.0 Å². The number of carbonyl (C=O) groups is 2. The largest absolute Gasteiger partial charge is 0.507 e. The van der Waals surface area contributed by atoms with Crippen molar-refractivity contribution < 1.29 is 24.2 Å². The maximum atomic E-state index is 13.1. The highest BCUT2D eigenvalue weighted by Crippen LogP contribution is 2.42. The van der Waals surface area contributed by atoms with Gasteiger partial charge in [-0.25, -0.2) is 4.98 Å². The van der Waals surface area contributed by atoms with Gasteiger partial charge < -0.3 is 14.6 Å². The normalized spacial score (nSPS) is 17.4. The Morgan fingerprint density at radius 2 is 1.81 bits per heavy atom. The second-order valence-corrected chi connectivity index (χ2v) is 7.09. The molecule has 4 rings (SSSR count). The Kier molecular flexibility index (Phi) is 5.89. The van der Waals surface area contributed by atoms with E-state index in [4.69, 9.17) is 9.47 Å². The van der Waals surface area contributed by atoms with Crippen LogP contribution in [-0.2, 0) is 9.59 Å². The highest BCUT2D eigenvalue weighted by atomic mass is 16.5. The number of ketones is 1. The standard InChI is InChI=1S/C25H22N2O5/c1-3-32-18-12-10-16(11-13-18)22-21(23(28)17-7-6-8-19(15-17)31-2)24(29)25(30)27(22)20-9-4-5-14-26-20/h4-15,22,28H,3H2,1-2H3/t22-/m0/s1. The molecule has 0 aliphatic carbocycles. The number of hydrogen-bond acceptors (Lipinski definition) is 6. The van der Waals surface area contributed by atoms with Crippen molar-refractivity contribution in [3.8, 4) is 11.5 Å². The van der Waals surface area contributed by atoms with Gasteiger partial charge in [-0.3, -0.25) is 14.5 Å². The van der Waals surface area contributed by atoms with E-state index in [-0.39, 0.29) is 11.3 Å². The van der Waals surface area contributed by atoms with E-state index in [0.29, 0.717) is 35.1 Å². The van der Waals surface area contributed by atoms with Crippen molar-refractivity contribution in [1.82, 2.24) is 4.98 Å². The molecule has 162 valence electrons. The summed E-state index contributed by atoms with van der Waals surface area (Å²) >= 11 is 0. The number of hydrogen-bond donors (Lipinski definition) is 1. The number of amides is 1. The quantitative estimate of drug-likeness (QED) is 0.360. The number of nitrogens with zero attached hydrogens (tertiary/aromatic N) is 2. The third-order valence-corrected chi connectivity index (χ3v) is 5.19. The van der Waals surface area contributed by atoms with Gasteiger partial charge in [0, 0.05) is 11.8 Å². The van der Waals surface area contributed by atoms with Crippen LogP contribution < -0.4 is 14.4 Å². The number of benzene rings is 2. The molecule has 1 amide bonds. The third kappa shape index (κ3) is 3.80. The number of anilines is 1. The van der Waals surface area contributed by atoms with E-state index in [1.54, 1.807) is 72.9 Å². The maximum absolute atomic E-state index is 13.1. The maximum Gasteiger partial charge on any atom is 0.301 e. The predicted molar refractivity (Wildman–Crippen MR) is 120 cm³/mol. The van der Waals surface area contributed by atoms with Crippen LogP contribution >= 0.6 is 0 Å². The number of Topliss-reactive ketones (excluding diaryl/α,β-unsaturated/α-hetero) is 1. The van der Waals surface area contributed by atoms with E-state index in [1.807, 2.05) is 6.92 Å². The molecule has 1 atom stereocenters. The van der Waals surface area contributed by atoms with Crippen molar-refractivity contribution in [1.29, 1.82) is 0 Å². The van der Waals surface area contributed by atoms with Gasteiger partial charge in [-0.05, 0) is 48.9 Å². The first-order valence-electron chi connectivity index (χ1n) is 10.1. The van der Waals surface area contributed by atoms with Crippen LogP contribution in [-0.4, -0.2) is 35.5 Å². The van der Waals surface area contributed by atoms with E-state index < -0.39 is 17.7 Å². The lowest BCUT2D eigenvalue weighted by molar-refractivity contribution is -0.132. The second kappa shape index (κ2) is 8.93. The van der Waals surface area contributed by atoms with E-state index in [2.05, 4.69) is 4.98 Å². The Bertz CT molecular complexity index is 1170. The summed E-state index contributed by atoms with van der Waals surface area (Å²) in [7, 11) is 1.51. The molecule has 0 bridgehead atoms. The summed E-state index contributed by atoms with van der Waals surface area (Å²) in [4.78, 5) is 31.8. The molecule has 1 aliphatic rings. The zero-order valence-corrected chi connectivity index (χ0v) is 17.7. The Hall–Kier alpha value is -4.13. The molecule has 1 aromatic heterocycles. The molecule has 1 fully saturated rings. The zero-order valence-electron chi connectivity index (χ0n) is 17.7. The van der Waals surface area contributed by atoms with Gasteiger partial charge in [-0.2, -0.15) is 0 Å². The molecule has 3 aromatic rings. The molecule has 2 aromatic carbocycles. The van der Waals surface area contributed by atoms with Gasteiger partial charge in [0.2, 0.25) is 0 Å². The van der Waals surface area contributed by atoms with Gasteiger partial charge in [-0.15, -0.1) is 0 Å². The molecule has 1 aliphatic heterocycles. The number of aliphatic hydroxyl groups excluding tert-OH is 1. The van der Waals surface area contributed by atoms with Crippen molar-refractivity contribution in [2.75, 3.05) is 18.6 Å². The van der Waals surface area contributed by atoms with E-state index in [0.717, 1.165) is 0 Å². The minimum Gasteiger partial charge on any atom is -0.507 e. The molecular formula is C25H22N2O5. The number of ether oxygens (including phenoxy) is 2. The van der Waals surface area contributed by atoms with Crippen LogP contribution in [0.3, 0.4) is 0 Å². The first-order chi connectivity index (χ1) is 15.5. The van der Waals surface area contributed by atoms with Crippen LogP contribution in [0.1, 0.15) is 24.1 Å². The fourth-order valence-corrected chi connectivity index (χ4v) is 3.72. The summed E-state index contributed by atoms with van der Waals surface area (Å²) in [5.74, 6) is -0.316. The van der Waals surface area contributed by atoms with Crippen molar-refractivity contribution in [3.05, 3.63) is 89.6 Å². The molecule has 7 heteroatoms. The lowest BCUT2D eigenvalue weighted by Crippen LogP contribution is -2.30. The highest BCUT2D eigenvalue weighted by molar-refractivity contribution is 6.51. The number of rotatable bonds is 6. The monoisotopic (exact) mass is 430 g/mol. The summed E-state index contributed by atoms with van der Waals surface area (Å²) in [5, 5.41) is 11.1. The number of methoxy groups -OCH3 is 1. The summed E-state index contributed by atoms with van der Waals surface area (Å²) in [6.07, 6.45) is 1.55. The molecule has 0 spiro atoms. The number of carbonyl (C=O) groups excluding carboxylic acids is 2. The minimum atomic E-state index is -0.855. The number of aromatic nitrogens is 1. The van der Waals surface area contributed by atoms with Crippen molar-refractivity contribution in [2.24, 2.45) is 0 Å². The van der Waals surface area contributed by atoms with Gasteiger partial charge in [0.15, 0.2) is 0 Å². The van der Waals surface area contributed by atoms with Crippen LogP contribution in [0.2, 0.25) is 0 Å². The van der Waals surface area contributed by atoms with E-state index in [1.165, 1.54) is 12.0 Å². The van der Waals surface area contributed by atoms with Gasteiger partial charge in [0.1, 0.15) is 23.1 Å². The SMILES string of the molecule is CCOc1ccc([C@H]2C(=C(O)c3cccc(OC)c3)C(=O)C(=O)N2c2ccccn2)cc1. The van der Waals surface area contributed by atoms with Crippen LogP contribution in [0.25, 0.3) is 5.76 Å². The molecular weight excluding hydrogens is 408 g/mol. The van der Waals surface area contributed by atoms with E-state index in [9.17, 15) is 14.7 Å². The average Bonchev–Trinajstić information content (AvgIpc) is 3.10. The zero-order chi connectivity index (χ0) is 22.7. The van der Waals surface area contributed by atoms with Gasteiger partial charge >= 0.3 is 5.91 Å². The second-order valence-electron chi connectivity index (χ2n) is 7.09. The lowest BCUT2D eigenvalue weighted by Gasteiger charge is -2.24. The molecule has 2 heterocycles.